The molecular formula is C13H18N2O. The zero-order valence-electron chi connectivity index (χ0n) is 9.48. The number of ether oxygens (including phenoxy) is 1. The third kappa shape index (κ3) is 2.00. The van der Waals surface area contributed by atoms with Gasteiger partial charge in [-0.05, 0) is 38.1 Å². The van der Waals surface area contributed by atoms with Crippen LogP contribution in [0.4, 0.5) is 5.69 Å². The topological polar surface area (TPSA) is 24.5 Å². The molecule has 2 aliphatic rings. The Morgan fingerprint density at radius 1 is 1.25 bits per heavy atom. The molecule has 3 nitrogen and oxygen atoms in total. The summed E-state index contributed by atoms with van der Waals surface area (Å²) < 4.78 is 5.99. The van der Waals surface area contributed by atoms with Gasteiger partial charge in [-0.3, -0.25) is 4.90 Å². The number of nitrogens with zero attached hydrogens (tertiary/aromatic N) is 1. The van der Waals surface area contributed by atoms with Crippen molar-refractivity contribution in [2.75, 3.05) is 31.5 Å². The zero-order valence-corrected chi connectivity index (χ0v) is 9.48. The van der Waals surface area contributed by atoms with Crippen LogP contribution >= 0.6 is 0 Å². The monoisotopic (exact) mass is 218 g/mol. The molecule has 2 aliphatic heterocycles. The molecule has 2 heterocycles. The Morgan fingerprint density at radius 2 is 2.06 bits per heavy atom. The molecule has 0 aromatic heterocycles. The number of para-hydroxylation sites is 2. The average molecular weight is 218 g/mol. The molecule has 1 aromatic carbocycles. The normalized spacial score (nSPS) is 24.6. The first-order chi connectivity index (χ1) is 7.92. The minimum Gasteiger partial charge on any atom is -0.485 e. The van der Waals surface area contributed by atoms with Gasteiger partial charge in [0.1, 0.15) is 11.9 Å². The fourth-order valence-electron chi connectivity index (χ4n) is 2.52. The molecule has 1 saturated heterocycles. The number of hydrogen-bond acceptors (Lipinski definition) is 3. The van der Waals surface area contributed by atoms with Crippen molar-refractivity contribution in [2.24, 2.45) is 0 Å². The summed E-state index contributed by atoms with van der Waals surface area (Å²) in [7, 11) is 0. The van der Waals surface area contributed by atoms with Crippen molar-refractivity contribution in [1.82, 2.24) is 4.90 Å². The molecule has 1 atom stereocenters. The smallest absolute Gasteiger partial charge is 0.142 e. The molecule has 1 N–H and O–H groups in total. The first kappa shape index (κ1) is 9.97. The quantitative estimate of drug-likeness (QED) is 0.821. The van der Waals surface area contributed by atoms with Crippen LogP contribution in [0.3, 0.4) is 0 Å². The van der Waals surface area contributed by atoms with Gasteiger partial charge < -0.3 is 10.1 Å². The van der Waals surface area contributed by atoms with Gasteiger partial charge in [0.25, 0.3) is 0 Å². The SMILES string of the molecule is c1ccc2c(c1)NCC(CN1CCCC1)O2. The third-order valence-corrected chi connectivity index (χ3v) is 3.36. The maximum atomic E-state index is 5.99. The predicted molar refractivity (Wildman–Crippen MR) is 65.0 cm³/mol. The molecule has 1 aromatic rings. The minimum atomic E-state index is 0.299. The maximum Gasteiger partial charge on any atom is 0.142 e. The van der Waals surface area contributed by atoms with Crippen molar-refractivity contribution in [3.05, 3.63) is 24.3 Å². The lowest BCUT2D eigenvalue weighted by Crippen LogP contribution is -2.40. The lowest BCUT2D eigenvalue weighted by atomic mass is 10.2. The molecule has 3 heteroatoms. The number of fused-ring (bicyclic) bond motifs is 1. The summed E-state index contributed by atoms with van der Waals surface area (Å²) in [5, 5.41) is 3.43. The number of anilines is 1. The van der Waals surface area contributed by atoms with E-state index in [0.717, 1.165) is 24.5 Å². The Balaban J connectivity index is 1.63. The highest BCUT2D eigenvalue weighted by molar-refractivity contribution is 5.57. The summed E-state index contributed by atoms with van der Waals surface area (Å²) in [4.78, 5) is 2.50. The highest BCUT2D eigenvalue weighted by Gasteiger charge is 2.22. The first-order valence-electron chi connectivity index (χ1n) is 6.14. The van der Waals surface area contributed by atoms with Crippen molar-refractivity contribution in [2.45, 2.75) is 18.9 Å². The predicted octanol–water partition coefficient (Wildman–Crippen LogP) is 1.96. The van der Waals surface area contributed by atoms with Gasteiger partial charge >= 0.3 is 0 Å². The third-order valence-electron chi connectivity index (χ3n) is 3.36. The highest BCUT2D eigenvalue weighted by atomic mass is 16.5. The Morgan fingerprint density at radius 3 is 2.94 bits per heavy atom. The molecular weight excluding hydrogens is 200 g/mol. The fourth-order valence-corrected chi connectivity index (χ4v) is 2.52. The van der Waals surface area contributed by atoms with E-state index in [1.165, 1.54) is 25.9 Å². The van der Waals surface area contributed by atoms with E-state index < -0.39 is 0 Å². The lowest BCUT2D eigenvalue weighted by molar-refractivity contribution is 0.151. The molecule has 0 bridgehead atoms. The van der Waals surface area contributed by atoms with Gasteiger partial charge in [0.2, 0.25) is 0 Å². The molecule has 0 amide bonds. The summed E-state index contributed by atoms with van der Waals surface area (Å²) >= 11 is 0. The van der Waals surface area contributed by atoms with E-state index in [4.69, 9.17) is 4.74 Å². The summed E-state index contributed by atoms with van der Waals surface area (Å²) in [6.07, 6.45) is 2.99. The highest BCUT2D eigenvalue weighted by Crippen LogP contribution is 2.28. The molecule has 1 fully saturated rings. The van der Waals surface area contributed by atoms with Gasteiger partial charge in [0.15, 0.2) is 0 Å². The molecule has 16 heavy (non-hydrogen) atoms. The second-order valence-electron chi connectivity index (χ2n) is 4.62. The van der Waals surface area contributed by atoms with E-state index in [2.05, 4.69) is 16.3 Å². The van der Waals surface area contributed by atoms with Gasteiger partial charge in [-0.1, -0.05) is 12.1 Å². The van der Waals surface area contributed by atoms with E-state index in [1.807, 2.05) is 18.2 Å². The van der Waals surface area contributed by atoms with Gasteiger partial charge in [-0.2, -0.15) is 0 Å². The van der Waals surface area contributed by atoms with Crippen molar-refractivity contribution >= 4 is 5.69 Å². The van der Waals surface area contributed by atoms with Crippen molar-refractivity contribution in [3.8, 4) is 5.75 Å². The van der Waals surface area contributed by atoms with Crippen molar-refractivity contribution in [3.63, 3.8) is 0 Å². The van der Waals surface area contributed by atoms with Gasteiger partial charge in [0.05, 0.1) is 12.2 Å². The Kier molecular flexibility index (Phi) is 2.70. The van der Waals surface area contributed by atoms with E-state index in [0.29, 0.717) is 6.10 Å². The molecule has 0 aliphatic carbocycles. The van der Waals surface area contributed by atoms with E-state index in [1.54, 1.807) is 0 Å². The standard InChI is InChI=1S/C13H18N2O/c1-2-6-13-12(5-1)14-9-11(16-13)10-15-7-3-4-8-15/h1-2,5-6,11,14H,3-4,7-10H2. The van der Waals surface area contributed by atoms with Gasteiger partial charge in [-0.15, -0.1) is 0 Å². The van der Waals surface area contributed by atoms with Crippen LogP contribution < -0.4 is 10.1 Å². The average Bonchev–Trinajstić information content (AvgIpc) is 2.82. The Labute approximate surface area is 96.4 Å². The lowest BCUT2D eigenvalue weighted by Gasteiger charge is -2.30. The second kappa shape index (κ2) is 4.34. The van der Waals surface area contributed by atoms with E-state index >= 15 is 0 Å². The van der Waals surface area contributed by atoms with E-state index in [9.17, 15) is 0 Å². The second-order valence-corrected chi connectivity index (χ2v) is 4.62. The van der Waals surface area contributed by atoms with Gasteiger partial charge in [-0.25, -0.2) is 0 Å². The Bertz CT molecular complexity index is 361. The molecule has 0 spiro atoms. The van der Waals surface area contributed by atoms with Crippen LogP contribution in [0.2, 0.25) is 0 Å². The van der Waals surface area contributed by atoms with Crippen LogP contribution in [-0.4, -0.2) is 37.2 Å². The van der Waals surface area contributed by atoms with Crippen LogP contribution in [0.25, 0.3) is 0 Å². The summed E-state index contributed by atoms with van der Waals surface area (Å²) in [6.45, 7) is 4.46. The summed E-state index contributed by atoms with van der Waals surface area (Å²) in [5.74, 6) is 0.998. The molecule has 3 rings (SSSR count). The van der Waals surface area contributed by atoms with Gasteiger partial charge in [0, 0.05) is 6.54 Å². The van der Waals surface area contributed by atoms with Crippen LogP contribution in [0.1, 0.15) is 12.8 Å². The number of benzene rings is 1. The van der Waals surface area contributed by atoms with Crippen LogP contribution in [0.5, 0.6) is 5.75 Å². The van der Waals surface area contributed by atoms with Crippen LogP contribution in [0.15, 0.2) is 24.3 Å². The van der Waals surface area contributed by atoms with Crippen molar-refractivity contribution < 1.29 is 4.74 Å². The van der Waals surface area contributed by atoms with Crippen LogP contribution in [-0.2, 0) is 0 Å². The maximum absolute atomic E-state index is 5.99. The molecule has 86 valence electrons. The van der Waals surface area contributed by atoms with E-state index in [-0.39, 0.29) is 0 Å². The minimum absolute atomic E-state index is 0.299. The first-order valence-corrected chi connectivity index (χ1v) is 6.14. The zero-order chi connectivity index (χ0) is 10.8. The summed E-state index contributed by atoms with van der Waals surface area (Å²) in [5.41, 5.74) is 1.13. The number of likely N-dealkylation sites (tertiary alicyclic amines) is 1. The number of nitrogens with one attached hydrogen (secondary N) is 1. The summed E-state index contributed by atoms with van der Waals surface area (Å²) in [6, 6.07) is 8.18. The fraction of sp³-hybridized carbons (Fsp3) is 0.538. The number of hydrogen-bond donors (Lipinski definition) is 1. The molecule has 1 unspecified atom stereocenters. The molecule has 0 saturated carbocycles. The van der Waals surface area contributed by atoms with Crippen LogP contribution in [0, 0.1) is 0 Å². The molecule has 0 radical (unpaired) electrons. The van der Waals surface area contributed by atoms with Crippen molar-refractivity contribution in [1.29, 1.82) is 0 Å². The Hall–Kier alpha value is -1.22. The largest absolute Gasteiger partial charge is 0.485 e. The number of rotatable bonds is 2.